The van der Waals surface area contributed by atoms with E-state index in [-0.39, 0.29) is 11.5 Å². The molecule has 4 rings (SSSR count). The number of aliphatic hydroxyl groups excluding tert-OH is 1. The molecule has 5 atom stereocenters. The van der Waals surface area contributed by atoms with Crippen molar-refractivity contribution in [3.8, 4) is 11.5 Å². The van der Waals surface area contributed by atoms with Crippen LogP contribution in [-0.2, 0) is 6.42 Å². The van der Waals surface area contributed by atoms with E-state index in [1.165, 1.54) is 30.4 Å². The molecule has 0 saturated heterocycles. The summed E-state index contributed by atoms with van der Waals surface area (Å²) in [5.41, 5.74) is 3.01. The van der Waals surface area contributed by atoms with Crippen molar-refractivity contribution in [2.75, 3.05) is 13.2 Å². The Morgan fingerprint density at radius 3 is 2.64 bits per heavy atom. The Labute approximate surface area is 151 Å². The van der Waals surface area contributed by atoms with Gasteiger partial charge in [-0.15, -0.1) is 0 Å². The summed E-state index contributed by atoms with van der Waals surface area (Å²) in [6.07, 6.45) is 6.74. The molecular weight excluding hydrogens is 312 g/mol. The summed E-state index contributed by atoms with van der Waals surface area (Å²) in [6, 6.07) is 4.35. The van der Waals surface area contributed by atoms with Crippen molar-refractivity contribution in [2.24, 2.45) is 17.3 Å². The average molecular weight is 344 g/mol. The molecule has 3 aliphatic carbocycles. The molecule has 25 heavy (non-hydrogen) atoms. The molecule has 2 fully saturated rings. The quantitative estimate of drug-likeness (QED) is 0.860. The number of fused-ring (bicyclic) bond motifs is 5. The first-order valence-electron chi connectivity index (χ1n) is 10.2. The Morgan fingerprint density at radius 1 is 1.08 bits per heavy atom. The van der Waals surface area contributed by atoms with Gasteiger partial charge in [0, 0.05) is 11.6 Å². The predicted molar refractivity (Wildman–Crippen MR) is 99.4 cm³/mol. The molecule has 138 valence electrons. The molecule has 0 aromatic heterocycles. The normalized spacial score (nSPS) is 36.3. The van der Waals surface area contributed by atoms with Crippen LogP contribution in [0.3, 0.4) is 0 Å². The lowest BCUT2D eigenvalue weighted by molar-refractivity contribution is -0.0229. The van der Waals surface area contributed by atoms with E-state index in [0.29, 0.717) is 31.0 Å². The molecule has 1 N–H and O–H groups in total. The maximum absolute atomic E-state index is 10.6. The first-order valence-corrected chi connectivity index (χ1v) is 10.2. The third-order valence-electron chi connectivity index (χ3n) is 7.32. The summed E-state index contributed by atoms with van der Waals surface area (Å²) >= 11 is 0. The minimum atomic E-state index is -0.105. The van der Waals surface area contributed by atoms with Crippen LogP contribution in [0.5, 0.6) is 11.5 Å². The number of benzene rings is 1. The second-order valence-corrected chi connectivity index (χ2v) is 8.41. The molecule has 1 aromatic carbocycles. The highest BCUT2D eigenvalue weighted by atomic mass is 16.5. The molecule has 0 spiro atoms. The van der Waals surface area contributed by atoms with Crippen LogP contribution >= 0.6 is 0 Å². The zero-order valence-electron chi connectivity index (χ0n) is 15.9. The topological polar surface area (TPSA) is 38.7 Å². The van der Waals surface area contributed by atoms with Crippen molar-refractivity contribution in [3.05, 3.63) is 23.3 Å². The molecule has 1 aromatic rings. The van der Waals surface area contributed by atoms with Crippen LogP contribution in [0.15, 0.2) is 12.1 Å². The van der Waals surface area contributed by atoms with Gasteiger partial charge in [0.25, 0.3) is 0 Å². The highest BCUT2D eigenvalue weighted by Gasteiger charge is 2.54. The summed E-state index contributed by atoms with van der Waals surface area (Å²) in [4.78, 5) is 0. The van der Waals surface area contributed by atoms with Gasteiger partial charge in [0.05, 0.1) is 19.3 Å². The van der Waals surface area contributed by atoms with E-state index >= 15 is 0 Å². The minimum Gasteiger partial charge on any atom is -0.494 e. The second-order valence-electron chi connectivity index (χ2n) is 8.41. The highest BCUT2D eigenvalue weighted by molar-refractivity contribution is 5.50. The van der Waals surface area contributed by atoms with Gasteiger partial charge < -0.3 is 14.6 Å². The fraction of sp³-hybridized carbons (Fsp3) is 0.727. The molecule has 0 bridgehead atoms. The molecule has 0 radical (unpaired) electrons. The van der Waals surface area contributed by atoms with Gasteiger partial charge in [-0.3, -0.25) is 0 Å². The van der Waals surface area contributed by atoms with Gasteiger partial charge in [-0.05, 0) is 87.2 Å². The van der Waals surface area contributed by atoms with E-state index in [9.17, 15) is 5.11 Å². The van der Waals surface area contributed by atoms with Crippen LogP contribution in [0, 0.1) is 17.3 Å². The van der Waals surface area contributed by atoms with E-state index in [2.05, 4.69) is 26.0 Å². The van der Waals surface area contributed by atoms with E-state index < -0.39 is 0 Å². The fourth-order valence-corrected chi connectivity index (χ4v) is 6.15. The van der Waals surface area contributed by atoms with Gasteiger partial charge in [0.15, 0.2) is 0 Å². The lowest BCUT2D eigenvalue weighted by atomic mass is 9.55. The molecule has 2 saturated carbocycles. The standard InChI is InChI=1S/C22H32O3/c1-4-24-15-12-14-6-7-16-17(21(14)19(13-15)25-5-2)10-11-22(3)18(16)8-9-20(22)23/h12-13,16-18,20,23H,4-11H2,1-3H3/t16-,17+,18+,20+,22+/m1/s1. The Kier molecular flexibility index (Phi) is 4.47. The van der Waals surface area contributed by atoms with Crippen LogP contribution in [0.2, 0.25) is 0 Å². The van der Waals surface area contributed by atoms with Gasteiger partial charge in [-0.2, -0.15) is 0 Å². The number of rotatable bonds is 4. The third-order valence-corrected chi connectivity index (χ3v) is 7.32. The van der Waals surface area contributed by atoms with Gasteiger partial charge in [-0.25, -0.2) is 0 Å². The zero-order valence-corrected chi connectivity index (χ0v) is 15.9. The number of hydrogen-bond donors (Lipinski definition) is 1. The SMILES string of the molecule is CCOc1cc2c(c(OCC)c1)[C@H]1CC[C@]3(C)[C@@H](O)CC[C@H]3[C@@H]1CC2. The number of hydrogen-bond acceptors (Lipinski definition) is 3. The first kappa shape index (κ1) is 17.2. The monoisotopic (exact) mass is 344 g/mol. The first-order chi connectivity index (χ1) is 12.1. The molecular formula is C22H32O3. The maximum atomic E-state index is 10.6. The molecule has 0 amide bonds. The van der Waals surface area contributed by atoms with Gasteiger partial charge in [0.2, 0.25) is 0 Å². The predicted octanol–water partition coefficient (Wildman–Crippen LogP) is 4.70. The summed E-state index contributed by atoms with van der Waals surface area (Å²) in [6.45, 7) is 7.81. The third kappa shape index (κ3) is 2.66. The molecule has 0 aliphatic heterocycles. The minimum absolute atomic E-state index is 0.105. The van der Waals surface area contributed by atoms with E-state index in [1.807, 2.05) is 6.92 Å². The molecule has 0 heterocycles. The summed E-state index contributed by atoms with van der Waals surface area (Å²) in [5, 5.41) is 10.6. The second kappa shape index (κ2) is 6.50. The van der Waals surface area contributed by atoms with Crippen molar-refractivity contribution >= 4 is 0 Å². The number of aryl methyl sites for hydroxylation is 1. The van der Waals surface area contributed by atoms with Crippen LogP contribution in [0.1, 0.15) is 69.9 Å². The van der Waals surface area contributed by atoms with Crippen LogP contribution in [0.25, 0.3) is 0 Å². The van der Waals surface area contributed by atoms with Crippen molar-refractivity contribution in [2.45, 2.75) is 71.3 Å². The zero-order chi connectivity index (χ0) is 17.6. The molecule has 3 aliphatic rings. The van der Waals surface area contributed by atoms with Crippen LogP contribution in [0.4, 0.5) is 0 Å². The van der Waals surface area contributed by atoms with Crippen molar-refractivity contribution in [3.63, 3.8) is 0 Å². The molecule has 3 heteroatoms. The highest BCUT2D eigenvalue weighted by Crippen LogP contribution is 2.62. The summed E-state index contributed by atoms with van der Waals surface area (Å²) in [7, 11) is 0. The fourth-order valence-electron chi connectivity index (χ4n) is 6.15. The van der Waals surface area contributed by atoms with Gasteiger partial charge in [-0.1, -0.05) is 6.92 Å². The smallest absolute Gasteiger partial charge is 0.126 e. The Morgan fingerprint density at radius 2 is 1.88 bits per heavy atom. The molecule has 3 nitrogen and oxygen atoms in total. The van der Waals surface area contributed by atoms with Crippen molar-refractivity contribution in [1.29, 1.82) is 0 Å². The summed E-state index contributed by atoms with van der Waals surface area (Å²) < 4.78 is 11.8. The number of aliphatic hydroxyl groups is 1. The Balaban J connectivity index is 1.72. The maximum Gasteiger partial charge on any atom is 0.126 e. The van der Waals surface area contributed by atoms with E-state index in [1.54, 1.807) is 0 Å². The van der Waals surface area contributed by atoms with Crippen molar-refractivity contribution < 1.29 is 14.6 Å². The largest absolute Gasteiger partial charge is 0.494 e. The van der Waals surface area contributed by atoms with E-state index in [4.69, 9.17) is 9.47 Å². The Hall–Kier alpha value is -1.22. The number of ether oxygens (including phenoxy) is 2. The lowest BCUT2D eigenvalue weighted by Gasteiger charge is -2.50. The van der Waals surface area contributed by atoms with Crippen LogP contribution < -0.4 is 9.47 Å². The van der Waals surface area contributed by atoms with Crippen molar-refractivity contribution in [1.82, 2.24) is 0 Å². The lowest BCUT2D eigenvalue weighted by Crippen LogP contribution is -2.44. The van der Waals surface area contributed by atoms with E-state index in [0.717, 1.165) is 30.8 Å². The average Bonchev–Trinajstić information content (AvgIpc) is 2.90. The van der Waals surface area contributed by atoms with Gasteiger partial charge in [0.1, 0.15) is 11.5 Å². The Bertz CT molecular complexity index is 640. The summed E-state index contributed by atoms with van der Waals surface area (Å²) in [5.74, 6) is 3.93. The van der Waals surface area contributed by atoms with Crippen LogP contribution in [-0.4, -0.2) is 24.4 Å². The molecule has 0 unspecified atom stereocenters. The van der Waals surface area contributed by atoms with Gasteiger partial charge >= 0.3 is 0 Å².